The average Bonchev–Trinajstić information content (AvgIpc) is 2.17. The van der Waals surface area contributed by atoms with Crippen LogP contribution in [0.2, 0.25) is 0 Å². The fourth-order valence-corrected chi connectivity index (χ4v) is 2.57. The number of hydrogen-bond donors (Lipinski definition) is 0. The molecule has 82 valence electrons. The molecule has 2 aliphatic rings. The molecular weight excluding hydrogens is 174 g/mol. The molecule has 1 saturated heterocycles. The second kappa shape index (κ2) is 4.63. The lowest BCUT2D eigenvalue weighted by atomic mass is 9.84. The van der Waals surface area contributed by atoms with Crippen molar-refractivity contribution in [2.75, 3.05) is 19.6 Å². The molecule has 1 aliphatic heterocycles. The first-order valence-electron chi connectivity index (χ1n) is 6.15. The van der Waals surface area contributed by atoms with E-state index in [2.05, 4.69) is 18.7 Å². The molecule has 0 bridgehead atoms. The Labute approximate surface area is 87.6 Å². The minimum absolute atomic E-state index is 0.565. The van der Waals surface area contributed by atoms with Gasteiger partial charge >= 0.3 is 0 Å². The van der Waals surface area contributed by atoms with Gasteiger partial charge in [-0.3, -0.25) is 0 Å². The predicted molar refractivity (Wildman–Crippen MR) is 58.4 cm³/mol. The summed E-state index contributed by atoms with van der Waals surface area (Å²) in [6, 6.07) is 0. The standard InChI is InChI=1S/C12H23NO/c1-3-13-6-4-11(5-7-13)14-12-8-10(2)9-12/h10-12H,3-9H2,1-2H3. The maximum atomic E-state index is 6.06. The molecule has 0 spiro atoms. The Morgan fingerprint density at radius 2 is 1.79 bits per heavy atom. The average molecular weight is 197 g/mol. The van der Waals surface area contributed by atoms with Crippen LogP contribution in [0.5, 0.6) is 0 Å². The van der Waals surface area contributed by atoms with Crippen molar-refractivity contribution in [2.45, 2.75) is 51.7 Å². The number of rotatable bonds is 3. The number of likely N-dealkylation sites (tertiary alicyclic amines) is 1. The van der Waals surface area contributed by atoms with E-state index < -0.39 is 0 Å². The molecule has 0 aromatic heterocycles. The zero-order valence-corrected chi connectivity index (χ0v) is 9.54. The molecule has 2 fully saturated rings. The summed E-state index contributed by atoms with van der Waals surface area (Å²) in [7, 11) is 0. The molecule has 0 radical (unpaired) electrons. The van der Waals surface area contributed by atoms with Gasteiger partial charge in [-0.1, -0.05) is 13.8 Å². The monoisotopic (exact) mass is 197 g/mol. The van der Waals surface area contributed by atoms with Crippen molar-refractivity contribution < 1.29 is 4.74 Å². The van der Waals surface area contributed by atoms with Gasteiger partial charge in [-0.05, 0) is 38.1 Å². The lowest BCUT2D eigenvalue weighted by Crippen LogP contribution is -2.40. The summed E-state index contributed by atoms with van der Waals surface area (Å²) in [6.07, 6.45) is 6.26. The number of ether oxygens (including phenoxy) is 1. The molecule has 1 saturated carbocycles. The third kappa shape index (κ3) is 2.48. The maximum Gasteiger partial charge on any atom is 0.0603 e. The van der Waals surface area contributed by atoms with Gasteiger partial charge in [0.1, 0.15) is 0 Å². The summed E-state index contributed by atoms with van der Waals surface area (Å²) in [6.45, 7) is 8.24. The van der Waals surface area contributed by atoms with Gasteiger partial charge in [0.25, 0.3) is 0 Å². The Kier molecular flexibility index (Phi) is 3.45. The largest absolute Gasteiger partial charge is 0.375 e. The minimum Gasteiger partial charge on any atom is -0.375 e. The Morgan fingerprint density at radius 1 is 1.14 bits per heavy atom. The van der Waals surface area contributed by atoms with Crippen LogP contribution in [0.15, 0.2) is 0 Å². The Bertz CT molecular complexity index is 169. The number of piperidine rings is 1. The zero-order valence-electron chi connectivity index (χ0n) is 9.54. The third-order valence-electron chi connectivity index (χ3n) is 3.70. The van der Waals surface area contributed by atoms with Crippen LogP contribution in [0, 0.1) is 5.92 Å². The molecular formula is C12H23NO. The second-order valence-electron chi connectivity index (χ2n) is 4.97. The first kappa shape index (κ1) is 10.4. The van der Waals surface area contributed by atoms with E-state index in [1.54, 1.807) is 0 Å². The third-order valence-corrected chi connectivity index (χ3v) is 3.70. The number of nitrogens with zero attached hydrogens (tertiary/aromatic N) is 1. The number of hydrogen-bond acceptors (Lipinski definition) is 2. The molecule has 2 rings (SSSR count). The van der Waals surface area contributed by atoms with Gasteiger partial charge in [-0.2, -0.15) is 0 Å². The predicted octanol–water partition coefficient (Wildman–Crippen LogP) is 2.29. The Balaban J connectivity index is 1.64. The van der Waals surface area contributed by atoms with Gasteiger partial charge in [0.15, 0.2) is 0 Å². The van der Waals surface area contributed by atoms with Crippen molar-refractivity contribution in [3.63, 3.8) is 0 Å². The SMILES string of the molecule is CCN1CCC(OC2CC(C)C2)CC1. The first-order valence-corrected chi connectivity index (χ1v) is 6.15. The Morgan fingerprint density at radius 3 is 2.29 bits per heavy atom. The van der Waals surface area contributed by atoms with Gasteiger partial charge in [0.2, 0.25) is 0 Å². The molecule has 2 nitrogen and oxygen atoms in total. The van der Waals surface area contributed by atoms with E-state index in [0.717, 1.165) is 5.92 Å². The summed E-state index contributed by atoms with van der Waals surface area (Å²) in [4.78, 5) is 2.52. The summed E-state index contributed by atoms with van der Waals surface area (Å²) < 4.78 is 6.06. The zero-order chi connectivity index (χ0) is 9.97. The van der Waals surface area contributed by atoms with Gasteiger partial charge in [-0.15, -0.1) is 0 Å². The molecule has 1 aliphatic carbocycles. The smallest absolute Gasteiger partial charge is 0.0603 e. The fraction of sp³-hybridized carbons (Fsp3) is 1.00. The molecule has 1 heterocycles. The second-order valence-corrected chi connectivity index (χ2v) is 4.97. The van der Waals surface area contributed by atoms with Crippen LogP contribution in [-0.4, -0.2) is 36.7 Å². The highest BCUT2D eigenvalue weighted by atomic mass is 16.5. The van der Waals surface area contributed by atoms with Crippen LogP contribution in [0.3, 0.4) is 0 Å². The summed E-state index contributed by atoms with van der Waals surface area (Å²) >= 11 is 0. The molecule has 0 aromatic rings. The van der Waals surface area contributed by atoms with Crippen LogP contribution in [0.25, 0.3) is 0 Å². The van der Waals surface area contributed by atoms with Crippen LogP contribution >= 0.6 is 0 Å². The van der Waals surface area contributed by atoms with E-state index in [1.807, 2.05) is 0 Å². The summed E-state index contributed by atoms with van der Waals surface area (Å²) in [5.74, 6) is 0.913. The van der Waals surface area contributed by atoms with Crippen molar-refractivity contribution in [3.8, 4) is 0 Å². The molecule has 0 atom stereocenters. The summed E-state index contributed by atoms with van der Waals surface area (Å²) in [5.41, 5.74) is 0. The normalized spacial score (nSPS) is 35.6. The molecule has 14 heavy (non-hydrogen) atoms. The first-order chi connectivity index (χ1) is 6.78. The molecule has 0 aromatic carbocycles. The van der Waals surface area contributed by atoms with Crippen molar-refractivity contribution >= 4 is 0 Å². The Hall–Kier alpha value is -0.0800. The maximum absolute atomic E-state index is 6.06. The highest BCUT2D eigenvalue weighted by molar-refractivity contribution is 4.80. The lowest BCUT2D eigenvalue weighted by Gasteiger charge is -2.38. The highest BCUT2D eigenvalue weighted by Gasteiger charge is 2.29. The quantitative estimate of drug-likeness (QED) is 0.688. The van der Waals surface area contributed by atoms with E-state index in [9.17, 15) is 0 Å². The van der Waals surface area contributed by atoms with Gasteiger partial charge in [-0.25, -0.2) is 0 Å². The lowest BCUT2D eigenvalue weighted by molar-refractivity contribution is -0.0901. The van der Waals surface area contributed by atoms with E-state index in [0.29, 0.717) is 12.2 Å². The van der Waals surface area contributed by atoms with E-state index in [1.165, 1.54) is 45.3 Å². The van der Waals surface area contributed by atoms with Gasteiger partial charge in [0.05, 0.1) is 12.2 Å². The van der Waals surface area contributed by atoms with Crippen LogP contribution in [0.1, 0.15) is 39.5 Å². The van der Waals surface area contributed by atoms with Crippen molar-refractivity contribution in [3.05, 3.63) is 0 Å². The van der Waals surface area contributed by atoms with Gasteiger partial charge in [0, 0.05) is 13.1 Å². The molecule has 2 heteroatoms. The summed E-state index contributed by atoms with van der Waals surface area (Å²) in [5, 5.41) is 0. The van der Waals surface area contributed by atoms with E-state index in [-0.39, 0.29) is 0 Å². The molecule has 0 amide bonds. The van der Waals surface area contributed by atoms with Crippen LogP contribution < -0.4 is 0 Å². The van der Waals surface area contributed by atoms with Crippen molar-refractivity contribution in [1.29, 1.82) is 0 Å². The highest BCUT2D eigenvalue weighted by Crippen LogP contribution is 2.31. The van der Waals surface area contributed by atoms with E-state index in [4.69, 9.17) is 4.74 Å². The molecule has 0 N–H and O–H groups in total. The van der Waals surface area contributed by atoms with Gasteiger partial charge < -0.3 is 9.64 Å². The topological polar surface area (TPSA) is 12.5 Å². The van der Waals surface area contributed by atoms with Crippen molar-refractivity contribution in [1.82, 2.24) is 4.90 Å². The van der Waals surface area contributed by atoms with Crippen molar-refractivity contribution in [2.24, 2.45) is 5.92 Å². The molecule has 0 unspecified atom stereocenters. The minimum atomic E-state index is 0.565. The van der Waals surface area contributed by atoms with Crippen LogP contribution in [0.4, 0.5) is 0 Å². The fourth-order valence-electron chi connectivity index (χ4n) is 2.57. The van der Waals surface area contributed by atoms with Crippen LogP contribution in [-0.2, 0) is 4.74 Å². The van der Waals surface area contributed by atoms with E-state index >= 15 is 0 Å².